The van der Waals surface area contributed by atoms with E-state index >= 15 is 0 Å². The Morgan fingerprint density at radius 3 is 2.67 bits per heavy atom. The zero-order valence-electron chi connectivity index (χ0n) is 14.7. The minimum atomic E-state index is 0.599. The van der Waals surface area contributed by atoms with Crippen molar-refractivity contribution >= 4 is 5.96 Å². The number of nitrogens with zero attached hydrogens (tertiary/aromatic N) is 2. The van der Waals surface area contributed by atoms with Crippen LogP contribution in [-0.4, -0.2) is 46.0 Å². The smallest absolute Gasteiger partial charge is 0.191 e. The minimum Gasteiger partial charge on any atom is -0.379 e. The summed E-state index contributed by atoms with van der Waals surface area (Å²) in [6.45, 7) is 6.09. The second-order valence-electron chi connectivity index (χ2n) is 5.24. The van der Waals surface area contributed by atoms with Crippen LogP contribution in [-0.2, 0) is 16.0 Å². The van der Waals surface area contributed by atoms with E-state index in [0.29, 0.717) is 44.4 Å². The van der Waals surface area contributed by atoms with Gasteiger partial charge in [-0.25, -0.2) is 0 Å². The first-order chi connectivity index (χ1) is 11.8. The highest BCUT2D eigenvalue weighted by atomic mass is 16.5. The van der Waals surface area contributed by atoms with Gasteiger partial charge in [0.1, 0.15) is 0 Å². The zero-order chi connectivity index (χ0) is 17.5. The highest BCUT2D eigenvalue weighted by Gasteiger charge is 1.99. The van der Waals surface area contributed by atoms with E-state index in [9.17, 15) is 0 Å². The molecule has 0 unspecified atom stereocenters. The molecule has 0 aliphatic carbocycles. The Morgan fingerprint density at radius 2 is 1.96 bits per heavy atom. The van der Waals surface area contributed by atoms with Crippen LogP contribution in [0.2, 0.25) is 0 Å². The van der Waals surface area contributed by atoms with Crippen LogP contribution in [0, 0.1) is 11.3 Å². The van der Waals surface area contributed by atoms with E-state index in [4.69, 9.17) is 14.7 Å². The third-order valence-corrected chi connectivity index (χ3v) is 3.29. The average Bonchev–Trinajstić information content (AvgIpc) is 2.63. The summed E-state index contributed by atoms with van der Waals surface area (Å²) in [6, 6.07) is 9.65. The van der Waals surface area contributed by atoms with Gasteiger partial charge in [-0.2, -0.15) is 5.26 Å². The highest BCUT2D eigenvalue weighted by Crippen LogP contribution is 2.03. The number of guanidine groups is 1. The van der Waals surface area contributed by atoms with Gasteiger partial charge in [0.15, 0.2) is 5.96 Å². The highest BCUT2D eigenvalue weighted by molar-refractivity contribution is 5.79. The molecule has 0 aliphatic rings. The van der Waals surface area contributed by atoms with E-state index in [2.05, 4.69) is 28.6 Å². The Hall–Kier alpha value is -2.10. The Bertz CT molecular complexity index is 526. The van der Waals surface area contributed by atoms with Crippen molar-refractivity contribution in [3.05, 3.63) is 35.4 Å². The van der Waals surface area contributed by atoms with Crippen LogP contribution in [0.25, 0.3) is 0 Å². The summed E-state index contributed by atoms with van der Waals surface area (Å²) in [7, 11) is 1.73. The predicted molar refractivity (Wildman–Crippen MR) is 95.9 cm³/mol. The van der Waals surface area contributed by atoms with Crippen LogP contribution >= 0.6 is 0 Å². The summed E-state index contributed by atoms with van der Waals surface area (Å²) in [4.78, 5) is 4.16. The van der Waals surface area contributed by atoms with Gasteiger partial charge < -0.3 is 20.1 Å². The molecule has 24 heavy (non-hydrogen) atoms. The van der Waals surface area contributed by atoms with E-state index in [0.717, 1.165) is 25.0 Å². The summed E-state index contributed by atoms with van der Waals surface area (Å²) >= 11 is 0. The van der Waals surface area contributed by atoms with Gasteiger partial charge in [0, 0.05) is 26.7 Å². The second kappa shape index (κ2) is 13.3. The van der Waals surface area contributed by atoms with Crippen molar-refractivity contribution in [1.82, 2.24) is 10.6 Å². The molecule has 6 nitrogen and oxygen atoms in total. The number of hydrogen-bond donors (Lipinski definition) is 2. The summed E-state index contributed by atoms with van der Waals surface area (Å²) in [5.74, 6) is 0.708. The van der Waals surface area contributed by atoms with E-state index in [1.54, 1.807) is 13.1 Å². The number of benzene rings is 1. The summed E-state index contributed by atoms with van der Waals surface area (Å²) < 4.78 is 10.9. The summed E-state index contributed by atoms with van der Waals surface area (Å²) in [5.41, 5.74) is 1.70. The van der Waals surface area contributed by atoms with Crippen LogP contribution in [0.3, 0.4) is 0 Å². The van der Waals surface area contributed by atoms with Crippen LogP contribution in [0.1, 0.15) is 30.9 Å². The average molecular weight is 332 g/mol. The number of ether oxygens (including phenoxy) is 2. The van der Waals surface area contributed by atoms with Crippen molar-refractivity contribution in [3.63, 3.8) is 0 Å². The van der Waals surface area contributed by atoms with Crippen molar-refractivity contribution in [2.45, 2.75) is 26.3 Å². The molecule has 0 fully saturated rings. The number of rotatable bonds is 11. The largest absolute Gasteiger partial charge is 0.379 e. The van der Waals surface area contributed by atoms with Gasteiger partial charge >= 0.3 is 0 Å². The zero-order valence-corrected chi connectivity index (χ0v) is 14.7. The summed E-state index contributed by atoms with van der Waals surface area (Å²) in [6.07, 6.45) is 2.25. The van der Waals surface area contributed by atoms with Gasteiger partial charge in [0.25, 0.3) is 0 Å². The molecule has 1 aromatic rings. The van der Waals surface area contributed by atoms with Crippen molar-refractivity contribution in [2.75, 3.05) is 40.0 Å². The SMILES string of the molecule is CCCCOCCOCCNC(=NC)NCc1cccc(C#N)c1. The van der Waals surface area contributed by atoms with Crippen molar-refractivity contribution < 1.29 is 9.47 Å². The molecule has 6 heteroatoms. The van der Waals surface area contributed by atoms with Crippen molar-refractivity contribution in [1.29, 1.82) is 5.26 Å². The van der Waals surface area contributed by atoms with E-state index in [-0.39, 0.29) is 0 Å². The van der Waals surface area contributed by atoms with Crippen LogP contribution < -0.4 is 10.6 Å². The minimum absolute atomic E-state index is 0.599. The van der Waals surface area contributed by atoms with E-state index in [1.807, 2.05) is 18.2 Å². The van der Waals surface area contributed by atoms with Crippen molar-refractivity contribution in [2.24, 2.45) is 4.99 Å². The second-order valence-corrected chi connectivity index (χ2v) is 5.24. The topological polar surface area (TPSA) is 78.7 Å². The fraction of sp³-hybridized carbons (Fsp3) is 0.556. The molecule has 0 aromatic heterocycles. The molecule has 0 radical (unpaired) electrons. The normalized spacial score (nSPS) is 11.1. The molecule has 0 saturated carbocycles. The lowest BCUT2D eigenvalue weighted by Crippen LogP contribution is -2.38. The quantitative estimate of drug-likeness (QED) is 0.368. The Labute approximate surface area is 144 Å². The molecular weight excluding hydrogens is 304 g/mol. The van der Waals surface area contributed by atoms with E-state index in [1.165, 1.54) is 0 Å². The molecule has 0 amide bonds. The number of unbranched alkanes of at least 4 members (excludes halogenated alkanes) is 1. The number of nitrogens with one attached hydrogen (secondary N) is 2. The molecule has 0 spiro atoms. The third kappa shape index (κ3) is 9.13. The molecule has 132 valence electrons. The number of aliphatic imine (C=N–C) groups is 1. The number of hydrogen-bond acceptors (Lipinski definition) is 4. The maximum absolute atomic E-state index is 8.90. The van der Waals surface area contributed by atoms with Crippen molar-refractivity contribution in [3.8, 4) is 6.07 Å². The molecule has 1 aromatic carbocycles. The lowest BCUT2D eigenvalue weighted by molar-refractivity contribution is 0.0487. The molecule has 2 N–H and O–H groups in total. The van der Waals surface area contributed by atoms with Gasteiger partial charge in [0.05, 0.1) is 31.5 Å². The first-order valence-electron chi connectivity index (χ1n) is 8.39. The van der Waals surface area contributed by atoms with Crippen LogP contribution in [0.15, 0.2) is 29.3 Å². The standard InChI is InChI=1S/C18H28N4O2/c1-3-4-9-23-11-12-24-10-8-21-18(20-2)22-15-17-7-5-6-16(13-17)14-19/h5-7,13H,3-4,8-12,15H2,1-2H3,(H2,20,21,22). The van der Waals surface area contributed by atoms with Gasteiger partial charge in [-0.05, 0) is 24.1 Å². The van der Waals surface area contributed by atoms with Crippen LogP contribution in [0.5, 0.6) is 0 Å². The molecule has 0 atom stereocenters. The molecular formula is C18H28N4O2. The first-order valence-corrected chi connectivity index (χ1v) is 8.39. The predicted octanol–water partition coefficient (Wildman–Crippen LogP) is 2.06. The monoisotopic (exact) mass is 332 g/mol. The fourth-order valence-electron chi connectivity index (χ4n) is 1.97. The lowest BCUT2D eigenvalue weighted by Gasteiger charge is -2.12. The van der Waals surface area contributed by atoms with Gasteiger partial charge in [-0.15, -0.1) is 0 Å². The molecule has 0 bridgehead atoms. The maximum atomic E-state index is 8.90. The fourth-order valence-corrected chi connectivity index (χ4v) is 1.97. The van der Waals surface area contributed by atoms with Gasteiger partial charge in [0.2, 0.25) is 0 Å². The molecule has 1 rings (SSSR count). The lowest BCUT2D eigenvalue weighted by atomic mass is 10.1. The number of nitriles is 1. The molecule has 0 saturated heterocycles. The van der Waals surface area contributed by atoms with Crippen LogP contribution in [0.4, 0.5) is 0 Å². The molecule has 0 heterocycles. The van der Waals surface area contributed by atoms with E-state index < -0.39 is 0 Å². The van der Waals surface area contributed by atoms with Gasteiger partial charge in [-0.1, -0.05) is 25.5 Å². The third-order valence-electron chi connectivity index (χ3n) is 3.29. The Kier molecular flexibility index (Phi) is 11.1. The molecule has 0 aliphatic heterocycles. The Morgan fingerprint density at radius 1 is 1.17 bits per heavy atom. The maximum Gasteiger partial charge on any atom is 0.191 e. The Balaban J connectivity index is 2.11. The first kappa shape index (κ1) is 19.9. The van der Waals surface area contributed by atoms with Gasteiger partial charge in [-0.3, -0.25) is 4.99 Å². The summed E-state index contributed by atoms with van der Waals surface area (Å²) in [5, 5.41) is 15.3.